The van der Waals surface area contributed by atoms with E-state index in [0.717, 1.165) is 18.4 Å². The molecule has 0 amide bonds. The topological polar surface area (TPSA) is 26.3 Å². The molecule has 0 aromatic heterocycles. The summed E-state index contributed by atoms with van der Waals surface area (Å²) in [6, 6.07) is 7.15. The van der Waals surface area contributed by atoms with Crippen molar-refractivity contribution in [3.8, 4) is 0 Å². The molecule has 1 aromatic carbocycles. The van der Waals surface area contributed by atoms with E-state index >= 15 is 0 Å². The maximum Gasteiger partial charge on any atom is 0.411 e. The van der Waals surface area contributed by atoms with E-state index < -0.39 is 12.8 Å². The van der Waals surface area contributed by atoms with Crippen LogP contribution >= 0.6 is 0 Å². The second-order valence-corrected chi connectivity index (χ2v) is 4.29. The number of ether oxygens (including phenoxy) is 1. The first kappa shape index (κ1) is 15.7. The minimum Gasteiger partial charge on any atom is -0.372 e. The number of Topliss-reactive ketones (excluding diaryl/α,β-unsaturated/α-hetero) is 1. The van der Waals surface area contributed by atoms with E-state index in [1.54, 1.807) is 12.1 Å². The Morgan fingerprint density at radius 1 is 1.21 bits per heavy atom. The molecule has 1 rings (SSSR count). The van der Waals surface area contributed by atoms with Gasteiger partial charge in [-0.1, -0.05) is 37.6 Å². The number of hydrogen-bond donors (Lipinski definition) is 0. The molecule has 0 atom stereocenters. The molecule has 0 aliphatic carbocycles. The van der Waals surface area contributed by atoms with Gasteiger partial charge in [-0.2, -0.15) is 13.2 Å². The fourth-order valence-electron chi connectivity index (χ4n) is 1.64. The second kappa shape index (κ2) is 7.28. The predicted molar refractivity (Wildman–Crippen MR) is 66.3 cm³/mol. The van der Waals surface area contributed by atoms with Crippen LogP contribution in [-0.2, 0) is 11.2 Å². The maximum atomic E-state index is 11.8. The number of benzene rings is 1. The summed E-state index contributed by atoms with van der Waals surface area (Å²) in [6.07, 6.45) is -2.41. The summed E-state index contributed by atoms with van der Waals surface area (Å²) in [5, 5.41) is 0. The largest absolute Gasteiger partial charge is 0.411 e. The molecule has 0 heterocycles. The third-order valence-corrected chi connectivity index (χ3v) is 2.55. The second-order valence-electron chi connectivity index (χ2n) is 4.29. The van der Waals surface area contributed by atoms with Crippen LogP contribution in [-0.4, -0.2) is 25.2 Å². The van der Waals surface area contributed by atoms with Crippen molar-refractivity contribution in [2.24, 2.45) is 0 Å². The molecule has 0 spiro atoms. The number of halogens is 3. The van der Waals surface area contributed by atoms with Gasteiger partial charge in [0.1, 0.15) is 6.61 Å². The summed E-state index contributed by atoms with van der Waals surface area (Å²) in [6.45, 7) is 0.543. The average molecular weight is 274 g/mol. The third kappa shape index (κ3) is 6.38. The summed E-state index contributed by atoms with van der Waals surface area (Å²) < 4.78 is 39.8. The van der Waals surface area contributed by atoms with Gasteiger partial charge in [0.25, 0.3) is 0 Å². The Balaban J connectivity index is 2.37. The standard InChI is InChI=1S/C14H17F3O2/c1-2-3-11-4-6-12(7-5-11)13(18)8-9-19-10-14(15,16)17/h4-7H,2-3,8-10H2,1H3. The van der Waals surface area contributed by atoms with Gasteiger partial charge in [-0.25, -0.2) is 0 Å². The van der Waals surface area contributed by atoms with Gasteiger partial charge in [0.05, 0.1) is 6.61 Å². The number of aryl methyl sites for hydroxylation is 1. The van der Waals surface area contributed by atoms with Crippen molar-refractivity contribution in [1.29, 1.82) is 0 Å². The zero-order chi connectivity index (χ0) is 14.3. The third-order valence-electron chi connectivity index (χ3n) is 2.55. The number of carbonyl (C=O) groups excluding carboxylic acids is 1. The van der Waals surface area contributed by atoms with Crippen LogP contribution in [0, 0.1) is 0 Å². The van der Waals surface area contributed by atoms with Crippen LogP contribution in [0.15, 0.2) is 24.3 Å². The minimum atomic E-state index is -4.34. The SMILES string of the molecule is CCCc1ccc(C(=O)CCOCC(F)(F)F)cc1. The molecule has 1 aromatic rings. The van der Waals surface area contributed by atoms with Crippen molar-refractivity contribution in [2.75, 3.05) is 13.2 Å². The molecule has 19 heavy (non-hydrogen) atoms. The molecule has 0 saturated carbocycles. The van der Waals surface area contributed by atoms with Crippen molar-refractivity contribution in [1.82, 2.24) is 0 Å². The van der Waals surface area contributed by atoms with Gasteiger partial charge in [0.2, 0.25) is 0 Å². The minimum absolute atomic E-state index is 0.0385. The van der Waals surface area contributed by atoms with Crippen molar-refractivity contribution in [3.05, 3.63) is 35.4 Å². The van der Waals surface area contributed by atoms with Crippen LogP contribution in [0.3, 0.4) is 0 Å². The Bertz CT molecular complexity index is 396. The molecular formula is C14H17F3O2. The van der Waals surface area contributed by atoms with Crippen molar-refractivity contribution < 1.29 is 22.7 Å². The molecule has 0 saturated heterocycles. The lowest BCUT2D eigenvalue weighted by molar-refractivity contribution is -0.173. The quantitative estimate of drug-likeness (QED) is 0.558. The van der Waals surface area contributed by atoms with E-state index in [9.17, 15) is 18.0 Å². The predicted octanol–water partition coefficient (Wildman–Crippen LogP) is 3.79. The zero-order valence-corrected chi connectivity index (χ0v) is 10.8. The molecule has 0 aliphatic heterocycles. The molecule has 0 unspecified atom stereocenters. The van der Waals surface area contributed by atoms with Crippen LogP contribution < -0.4 is 0 Å². The van der Waals surface area contributed by atoms with Gasteiger partial charge in [-0.3, -0.25) is 4.79 Å². The average Bonchev–Trinajstić information content (AvgIpc) is 2.34. The van der Waals surface area contributed by atoms with E-state index in [-0.39, 0.29) is 18.8 Å². The van der Waals surface area contributed by atoms with Gasteiger partial charge in [-0.15, -0.1) is 0 Å². The lowest BCUT2D eigenvalue weighted by atomic mass is 10.0. The van der Waals surface area contributed by atoms with E-state index in [0.29, 0.717) is 5.56 Å². The monoisotopic (exact) mass is 274 g/mol. The highest BCUT2D eigenvalue weighted by Crippen LogP contribution is 2.15. The Hall–Kier alpha value is -1.36. The highest BCUT2D eigenvalue weighted by Gasteiger charge is 2.27. The zero-order valence-electron chi connectivity index (χ0n) is 10.8. The molecule has 0 bridgehead atoms. The first-order chi connectivity index (χ1) is 8.92. The highest BCUT2D eigenvalue weighted by molar-refractivity contribution is 5.96. The van der Waals surface area contributed by atoms with Crippen molar-refractivity contribution in [2.45, 2.75) is 32.4 Å². The molecule has 0 aliphatic rings. The van der Waals surface area contributed by atoms with E-state index in [2.05, 4.69) is 11.7 Å². The molecule has 106 valence electrons. The lowest BCUT2D eigenvalue weighted by Crippen LogP contribution is -2.18. The van der Waals surface area contributed by atoms with Crippen molar-refractivity contribution in [3.63, 3.8) is 0 Å². The number of ketones is 1. The molecule has 2 nitrogen and oxygen atoms in total. The normalized spacial score (nSPS) is 11.6. The molecule has 0 fully saturated rings. The summed E-state index contributed by atoms with van der Waals surface area (Å²) in [5.41, 5.74) is 1.66. The molecule has 0 radical (unpaired) electrons. The fraction of sp³-hybridized carbons (Fsp3) is 0.500. The smallest absolute Gasteiger partial charge is 0.372 e. The molecule has 5 heteroatoms. The van der Waals surface area contributed by atoms with Gasteiger partial charge in [0.15, 0.2) is 5.78 Å². The summed E-state index contributed by atoms with van der Waals surface area (Å²) in [7, 11) is 0. The van der Waals surface area contributed by atoms with E-state index in [4.69, 9.17) is 0 Å². The van der Waals surface area contributed by atoms with Crippen LogP contribution in [0.5, 0.6) is 0 Å². The van der Waals surface area contributed by atoms with Crippen LogP contribution in [0.4, 0.5) is 13.2 Å². The number of carbonyl (C=O) groups is 1. The Labute approximate surface area is 110 Å². The first-order valence-electron chi connectivity index (χ1n) is 6.19. The Morgan fingerprint density at radius 3 is 2.37 bits per heavy atom. The summed E-state index contributed by atoms with van der Waals surface area (Å²) >= 11 is 0. The number of rotatable bonds is 7. The fourth-order valence-corrected chi connectivity index (χ4v) is 1.64. The highest BCUT2D eigenvalue weighted by atomic mass is 19.4. The lowest BCUT2D eigenvalue weighted by Gasteiger charge is -2.07. The van der Waals surface area contributed by atoms with Crippen LogP contribution in [0.2, 0.25) is 0 Å². The summed E-state index contributed by atoms with van der Waals surface area (Å²) in [4.78, 5) is 11.7. The Morgan fingerprint density at radius 2 is 1.84 bits per heavy atom. The van der Waals surface area contributed by atoms with Gasteiger partial charge in [-0.05, 0) is 12.0 Å². The van der Waals surface area contributed by atoms with E-state index in [1.165, 1.54) is 0 Å². The molecule has 0 N–H and O–H groups in total. The summed E-state index contributed by atoms with van der Waals surface area (Å²) in [5.74, 6) is -0.203. The van der Waals surface area contributed by atoms with Crippen LogP contribution in [0.25, 0.3) is 0 Å². The first-order valence-corrected chi connectivity index (χ1v) is 6.19. The number of hydrogen-bond acceptors (Lipinski definition) is 2. The Kier molecular flexibility index (Phi) is 6.02. The van der Waals surface area contributed by atoms with Crippen LogP contribution in [0.1, 0.15) is 35.7 Å². The molecular weight excluding hydrogens is 257 g/mol. The maximum absolute atomic E-state index is 11.8. The van der Waals surface area contributed by atoms with Crippen molar-refractivity contribution >= 4 is 5.78 Å². The van der Waals surface area contributed by atoms with Gasteiger partial charge >= 0.3 is 6.18 Å². The van der Waals surface area contributed by atoms with Gasteiger partial charge < -0.3 is 4.74 Å². The van der Waals surface area contributed by atoms with Gasteiger partial charge in [0, 0.05) is 12.0 Å². The van der Waals surface area contributed by atoms with E-state index in [1.807, 2.05) is 12.1 Å². The number of alkyl halides is 3.